The van der Waals surface area contributed by atoms with Gasteiger partial charge < -0.3 is 20.0 Å². The third kappa shape index (κ3) is 3.91. The summed E-state index contributed by atoms with van der Waals surface area (Å²) in [4.78, 5) is 12.5. The van der Waals surface area contributed by atoms with E-state index in [1.807, 2.05) is 12.1 Å². The molecule has 3 aliphatic heterocycles. The minimum atomic E-state index is 0.161. The van der Waals surface area contributed by atoms with Gasteiger partial charge in [-0.25, -0.2) is 0 Å². The van der Waals surface area contributed by atoms with Gasteiger partial charge in [-0.1, -0.05) is 12.1 Å². The number of piperazine rings is 3. The minimum absolute atomic E-state index is 0.161. The number of hydrogen-bond acceptors (Lipinski definition) is 1. The molecule has 2 bridgehead atoms. The molecule has 1 amide bonds. The van der Waals surface area contributed by atoms with E-state index in [4.69, 9.17) is 0 Å². The molecule has 3 heterocycles. The van der Waals surface area contributed by atoms with E-state index in [-0.39, 0.29) is 5.91 Å². The molecule has 0 aliphatic carbocycles. The van der Waals surface area contributed by atoms with Crippen LogP contribution < -0.4 is 11.1 Å². The number of nitrogens with zero attached hydrogens (tertiary/aromatic N) is 2. The van der Waals surface area contributed by atoms with Crippen LogP contribution in [-0.4, -0.2) is 74.3 Å². The highest BCUT2D eigenvalue weighted by Crippen LogP contribution is 2.24. The predicted molar refractivity (Wildman–Crippen MR) is 91.7 cm³/mol. The summed E-state index contributed by atoms with van der Waals surface area (Å²) in [6.45, 7) is 8.69. The Kier molecular flexibility index (Phi) is 4.71. The SMILES string of the molecule is C[N+]12CC[N+](CC(=O)Nc3ccc(CCC[NH3+])cc3)(CC1)CC2. The zero-order valence-electron chi connectivity index (χ0n) is 14.4. The van der Waals surface area contributed by atoms with Crippen molar-refractivity contribution >= 4 is 11.6 Å². The summed E-state index contributed by atoms with van der Waals surface area (Å²) in [6, 6.07) is 8.28. The first-order valence-corrected chi connectivity index (χ1v) is 8.89. The van der Waals surface area contributed by atoms with Gasteiger partial charge in [-0.3, -0.25) is 4.79 Å². The van der Waals surface area contributed by atoms with Crippen molar-refractivity contribution in [3.63, 3.8) is 0 Å². The Hall–Kier alpha value is -1.43. The number of amides is 1. The number of benzene rings is 1. The summed E-state index contributed by atoms with van der Waals surface area (Å²) < 4.78 is 2.19. The Labute approximate surface area is 139 Å². The Bertz CT molecular complexity index is 530. The quantitative estimate of drug-likeness (QED) is 0.718. The van der Waals surface area contributed by atoms with Gasteiger partial charge in [0.1, 0.15) is 39.3 Å². The molecule has 0 atom stereocenters. The van der Waals surface area contributed by atoms with Crippen molar-refractivity contribution in [3.05, 3.63) is 29.8 Å². The van der Waals surface area contributed by atoms with Gasteiger partial charge in [0, 0.05) is 12.1 Å². The van der Waals surface area contributed by atoms with E-state index in [2.05, 4.69) is 30.2 Å². The van der Waals surface area contributed by atoms with E-state index < -0.39 is 0 Å². The van der Waals surface area contributed by atoms with Gasteiger partial charge in [-0.15, -0.1) is 0 Å². The summed E-state index contributed by atoms with van der Waals surface area (Å²) in [5, 5.41) is 3.09. The van der Waals surface area contributed by atoms with Gasteiger partial charge >= 0.3 is 0 Å². The van der Waals surface area contributed by atoms with E-state index in [9.17, 15) is 4.79 Å². The van der Waals surface area contributed by atoms with Gasteiger partial charge in [0.15, 0.2) is 6.54 Å². The first-order chi connectivity index (χ1) is 11.0. The van der Waals surface area contributed by atoms with Crippen molar-refractivity contribution in [2.45, 2.75) is 12.8 Å². The lowest BCUT2D eigenvalue weighted by Gasteiger charge is -2.53. The van der Waals surface area contributed by atoms with Crippen molar-refractivity contribution in [2.75, 3.05) is 64.7 Å². The van der Waals surface area contributed by atoms with Crippen LogP contribution in [0.2, 0.25) is 0 Å². The van der Waals surface area contributed by atoms with Gasteiger partial charge in [-0.05, 0) is 24.1 Å². The van der Waals surface area contributed by atoms with E-state index in [1.54, 1.807) is 0 Å². The first-order valence-electron chi connectivity index (χ1n) is 8.89. The lowest BCUT2D eigenvalue weighted by atomic mass is 10.1. The number of anilines is 1. The Morgan fingerprint density at radius 3 is 2.26 bits per heavy atom. The van der Waals surface area contributed by atoms with E-state index in [1.165, 1.54) is 29.7 Å². The zero-order valence-corrected chi connectivity index (χ0v) is 14.4. The minimum Gasteiger partial charge on any atom is -0.358 e. The summed E-state index contributed by atoms with van der Waals surface area (Å²) >= 11 is 0. The van der Waals surface area contributed by atoms with Crippen LogP contribution >= 0.6 is 0 Å². The number of carbonyl (C=O) groups excluding carboxylic acids is 1. The molecule has 4 rings (SSSR count). The van der Waals surface area contributed by atoms with Crippen molar-refractivity contribution in [1.29, 1.82) is 0 Å². The smallest absolute Gasteiger partial charge is 0.279 e. The number of hydrogen-bond donors (Lipinski definition) is 2. The third-order valence-corrected chi connectivity index (χ3v) is 5.77. The highest BCUT2D eigenvalue weighted by Gasteiger charge is 2.47. The van der Waals surface area contributed by atoms with Crippen LogP contribution in [0.3, 0.4) is 0 Å². The molecule has 3 fully saturated rings. The molecule has 126 valence electrons. The summed E-state index contributed by atoms with van der Waals surface area (Å²) in [7, 11) is 2.35. The maximum absolute atomic E-state index is 12.5. The first kappa shape index (κ1) is 16.4. The topological polar surface area (TPSA) is 56.7 Å². The molecule has 3 aliphatic rings. The van der Waals surface area contributed by atoms with Crippen molar-refractivity contribution in [3.8, 4) is 0 Å². The molecular formula is C18H31N4O+3. The number of likely N-dealkylation sites (N-methyl/N-ethyl adjacent to an activating group) is 1. The van der Waals surface area contributed by atoms with Crippen molar-refractivity contribution < 1.29 is 19.5 Å². The molecule has 1 aromatic rings. The van der Waals surface area contributed by atoms with E-state index in [0.29, 0.717) is 6.54 Å². The Balaban J connectivity index is 1.53. The van der Waals surface area contributed by atoms with Crippen molar-refractivity contribution in [2.24, 2.45) is 0 Å². The number of fused-ring (bicyclic) bond motifs is 3. The maximum atomic E-state index is 12.5. The second-order valence-electron chi connectivity index (χ2n) is 7.66. The third-order valence-electron chi connectivity index (χ3n) is 5.77. The highest BCUT2D eigenvalue weighted by atomic mass is 16.2. The Morgan fingerprint density at radius 1 is 1.09 bits per heavy atom. The summed E-state index contributed by atoms with van der Waals surface area (Å²) in [6.07, 6.45) is 2.18. The predicted octanol–water partition coefficient (Wildman–Crippen LogP) is 0.0902. The van der Waals surface area contributed by atoms with Gasteiger partial charge in [-0.2, -0.15) is 0 Å². The number of carbonyl (C=O) groups is 1. The highest BCUT2D eigenvalue weighted by molar-refractivity contribution is 5.91. The molecule has 4 N–H and O–H groups in total. The Morgan fingerprint density at radius 2 is 1.70 bits per heavy atom. The molecule has 0 spiro atoms. The van der Waals surface area contributed by atoms with Gasteiger partial charge in [0.05, 0.1) is 13.6 Å². The average Bonchev–Trinajstić information content (AvgIpc) is 2.56. The largest absolute Gasteiger partial charge is 0.358 e. The van der Waals surface area contributed by atoms with Crippen LogP contribution in [0, 0.1) is 0 Å². The lowest BCUT2D eigenvalue weighted by molar-refractivity contribution is -1.07. The molecule has 5 heteroatoms. The van der Waals surface area contributed by atoms with Crippen LogP contribution in [-0.2, 0) is 11.2 Å². The fourth-order valence-electron chi connectivity index (χ4n) is 3.86. The average molecular weight is 319 g/mol. The van der Waals surface area contributed by atoms with Crippen LogP contribution in [0.15, 0.2) is 24.3 Å². The fourth-order valence-corrected chi connectivity index (χ4v) is 3.86. The van der Waals surface area contributed by atoms with E-state index in [0.717, 1.165) is 49.2 Å². The maximum Gasteiger partial charge on any atom is 0.279 e. The molecular weight excluding hydrogens is 288 g/mol. The van der Waals surface area contributed by atoms with E-state index >= 15 is 0 Å². The standard InChI is InChI=1S/C18H29N4O/c1-21-9-12-22(13-10-21,14-11-21)15-18(23)20-17-6-4-16(5-7-17)3-2-8-19/h4-7H,2-3,8-15,19H2,1H3/q+1/p+2. The molecule has 0 unspecified atom stereocenters. The molecule has 23 heavy (non-hydrogen) atoms. The van der Waals surface area contributed by atoms with Crippen LogP contribution in [0.5, 0.6) is 0 Å². The molecule has 3 saturated heterocycles. The zero-order chi connectivity index (χ0) is 16.3. The lowest BCUT2D eigenvalue weighted by Crippen LogP contribution is -2.74. The summed E-state index contributed by atoms with van der Waals surface area (Å²) in [5.74, 6) is 0.161. The number of rotatable bonds is 6. The van der Waals surface area contributed by atoms with Crippen LogP contribution in [0.1, 0.15) is 12.0 Å². The van der Waals surface area contributed by atoms with Gasteiger partial charge in [0.25, 0.3) is 5.91 Å². The molecule has 0 saturated carbocycles. The normalized spacial score (nSPS) is 29.5. The van der Waals surface area contributed by atoms with Crippen molar-refractivity contribution in [1.82, 2.24) is 0 Å². The molecule has 0 aromatic heterocycles. The van der Waals surface area contributed by atoms with Crippen LogP contribution in [0.25, 0.3) is 0 Å². The summed E-state index contributed by atoms with van der Waals surface area (Å²) in [5.41, 5.74) is 6.11. The molecule has 1 aromatic carbocycles. The second-order valence-corrected chi connectivity index (χ2v) is 7.66. The molecule has 0 radical (unpaired) electrons. The van der Waals surface area contributed by atoms with Gasteiger partial charge in [0.2, 0.25) is 0 Å². The monoisotopic (exact) mass is 319 g/mol. The number of nitrogens with one attached hydrogen (secondary N) is 1. The number of quaternary nitrogens is 3. The fraction of sp³-hybridized carbons (Fsp3) is 0.611. The molecule has 5 nitrogen and oxygen atoms in total. The van der Waals surface area contributed by atoms with Crippen LogP contribution in [0.4, 0.5) is 5.69 Å². The second kappa shape index (κ2) is 6.59. The number of aryl methyl sites for hydroxylation is 1.